The van der Waals surface area contributed by atoms with Gasteiger partial charge in [0, 0.05) is 34.1 Å². The van der Waals surface area contributed by atoms with Crippen LogP contribution < -0.4 is 0 Å². The molecule has 14 nitrogen and oxygen atoms in total. The van der Waals surface area contributed by atoms with Crippen LogP contribution in [0, 0.1) is 53.2 Å². The molecule has 2 radical (unpaired) electrons. The van der Waals surface area contributed by atoms with Gasteiger partial charge in [0.15, 0.2) is 0 Å². The fourth-order valence-electron chi connectivity index (χ4n) is 1.18. The van der Waals surface area contributed by atoms with Gasteiger partial charge < -0.3 is 27.1 Å². The molecule has 18 heteroatoms. The van der Waals surface area contributed by atoms with Crippen LogP contribution in [0.5, 0.6) is 0 Å². The van der Waals surface area contributed by atoms with Crippen LogP contribution in [-0.2, 0) is 98.5 Å². The van der Waals surface area contributed by atoms with Gasteiger partial charge in [-0.25, -0.2) is 0 Å². The van der Waals surface area contributed by atoms with Crippen LogP contribution in [0.2, 0.25) is 0 Å². The van der Waals surface area contributed by atoms with Crippen molar-refractivity contribution in [3.63, 3.8) is 0 Å². The Kier molecular flexibility index (Phi) is 151. The van der Waals surface area contributed by atoms with Crippen LogP contribution in [-0.4, -0.2) is 36.6 Å². The van der Waals surface area contributed by atoms with Crippen LogP contribution in [0.1, 0.15) is 83.1 Å². The summed E-state index contributed by atoms with van der Waals surface area (Å²) in [5.41, 5.74) is 0. The molecular formula is C26H42Mn2O14P2. The molecule has 0 bridgehead atoms. The molecule has 0 aromatic heterocycles. The number of hydrogen-bond acceptors (Lipinski definition) is 6. The van der Waals surface area contributed by atoms with E-state index in [1.54, 1.807) is 0 Å². The van der Waals surface area contributed by atoms with Gasteiger partial charge in [-0.05, 0) is 83.1 Å². The molecule has 0 aliphatic heterocycles. The van der Waals surface area contributed by atoms with Crippen LogP contribution in [0.15, 0.2) is 0 Å². The first kappa shape index (κ1) is 79.2. The van der Waals surface area contributed by atoms with E-state index in [1.807, 2.05) is 83.1 Å². The van der Waals surface area contributed by atoms with Crippen molar-refractivity contribution in [2.24, 2.45) is 0 Å². The Morgan fingerprint density at radius 1 is 0.273 bits per heavy atom. The zero-order chi connectivity index (χ0) is 36.9. The molecule has 44 heavy (non-hydrogen) atoms. The van der Waals surface area contributed by atoms with E-state index >= 15 is 0 Å². The maximum Gasteiger partial charge on any atom is 0 e. The van der Waals surface area contributed by atoms with E-state index in [-0.39, 0.29) is 70.8 Å². The fourth-order valence-corrected chi connectivity index (χ4v) is 3.55. The fraction of sp³-hybridized carbons (Fsp3) is 0.692. The average molecular weight is 750 g/mol. The predicted octanol–water partition coefficient (Wildman–Crippen LogP) is 6.67. The largest absolute Gasteiger partial charge is 0 e. The molecule has 0 N–H and O–H groups in total. The third-order valence-corrected chi connectivity index (χ3v) is 5.34. The first-order chi connectivity index (χ1) is 19.8. The minimum Gasteiger partial charge on any atom is 0 e. The summed E-state index contributed by atoms with van der Waals surface area (Å²) >= 11 is 0. The minimum atomic E-state index is -1.18. The molecule has 0 spiro atoms. The molecule has 0 unspecified atom stereocenters. The van der Waals surface area contributed by atoms with Gasteiger partial charge in [-0.3, -0.25) is 0 Å². The molecule has 254 valence electrons. The number of hydrogen-bond donors (Lipinski definition) is 0. The summed E-state index contributed by atoms with van der Waals surface area (Å²) in [6.45, 7) is 59.7. The summed E-state index contributed by atoms with van der Waals surface area (Å²) in [7, 11) is -2.36. The molecule has 0 saturated carbocycles. The van der Waals surface area contributed by atoms with Crippen molar-refractivity contribution in [3.05, 3.63) is 53.2 Å². The van der Waals surface area contributed by atoms with Crippen LogP contribution in [0.4, 0.5) is 0 Å². The zero-order valence-electron chi connectivity index (χ0n) is 26.8. The summed E-state index contributed by atoms with van der Waals surface area (Å²) in [6, 6.07) is 0. The Morgan fingerprint density at radius 2 is 0.341 bits per heavy atom. The standard InChI is InChI=1S/2C9H21O3P.8CO.2Mn/c2*1-7(2)10-13(11-8(3)4)12-9(5)6;8*1-2;;/h2*7-9H,1-6H3;;;;;;;;;;. The molecule has 0 saturated heterocycles. The Morgan fingerprint density at radius 3 is 0.386 bits per heavy atom. The van der Waals surface area contributed by atoms with E-state index in [0.29, 0.717) is 0 Å². The Hall–Kier alpha value is -0.421. The zero-order valence-corrected chi connectivity index (χ0v) is 31.0. The van der Waals surface area contributed by atoms with Gasteiger partial charge in [0.25, 0.3) is 0 Å². The van der Waals surface area contributed by atoms with E-state index in [0.717, 1.165) is 0 Å². The SMILES string of the molecule is CC(C)OP(OC(C)C)OC(C)C.CC(C)OP(OC(C)C)OC(C)C.[C-]#[O+].[C-]#[O+].[C-]#[O+].[C-]#[O+].[C-]#[O+].[C-]#[O+].[C-]#[O+].[C-]#[O+].[Mn].[Mn]. The Bertz CT molecular complexity index is 483. The third-order valence-electron chi connectivity index (χ3n) is 1.78. The van der Waals surface area contributed by atoms with Crippen molar-refractivity contribution in [3.8, 4) is 0 Å². The van der Waals surface area contributed by atoms with Crippen LogP contribution in [0.3, 0.4) is 0 Å². The van der Waals surface area contributed by atoms with Gasteiger partial charge in [0.05, 0.1) is 36.6 Å². The molecule has 0 aliphatic rings. The summed E-state index contributed by atoms with van der Waals surface area (Å²) in [5.74, 6) is 0. The Labute approximate surface area is 287 Å². The van der Waals surface area contributed by atoms with E-state index in [1.165, 1.54) is 0 Å². The summed E-state index contributed by atoms with van der Waals surface area (Å²) in [5, 5.41) is 0. The van der Waals surface area contributed by atoms with Crippen LogP contribution in [0.25, 0.3) is 0 Å². The smallest absolute Gasteiger partial charge is 0 e. The molecule has 0 rings (SSSR count). The van der Waals surface area contributed by atoms with Crippen molar-refractivity contribution >= 4 is 17.2 Å². The molecule has 0 aromatic carbocycles. The summed E-state index contributed by atoms with van der Waals surface area (Å²) in [6.07, 6.45) is 0.853. The van der Waals surface area contributed by atoms with Crippen LogP contribution >= 0.6 is 17.2 Å². The van der Waals surface area contributed by atoms with E-state index in [9.17, 15) is 0 Å². The van der Waals surface area contributed by atoms with E-state index in [4.69, 9.17) is 64.4 Å². The van der Waals surface area contributed by atoms with Crippen molar-refractivity contribution in [2.75, 3.05) is 0 Å². The van der Waals surface area contributed by atoms with Gasteiger partial charge in [-0.15, -0.1) is 0 Å². The summed E-state index contributed by atoms with van der Waals surface area (Å²) in [4.78, 5) is 0. The molecular weight excluding hydrogens is 708 g/mol. The molecule has 0 heterocycles. The second kappa shape index (κ2) is 84.1. The Balaban J connectivity index is -0.0000000309. The second-order valence-corrected chi connectivity index (χ2v) is 9.53. The third kappa shape index (κ3) is 123. The second-order valence-electron chi connectivity index (χ2n) is 7.37. The van der Waals surface area contributed by atoms with Crippen molar-refractivity contribution in [2.45, 2.75) is 120 Å². The van der Waals surface area contributed by atoms with E-state index in [2.05, 4.69) is 53.2 Å². The maximum atomic E-state index is 7.50. The van der Waals surface area contributed by atoms with Gasteiger partial charge in [0.2, 0.25) is 0 Å². The van der Waals surface area contributed by atoms with Crippen molar-refractivity contribution in [1.29, 1.82) is 0 Å². The van der Waals surface area contributed by atoms with Gasteiger partial charge >= 0.3 is 108 Å². The van der Waals surface area contributed by atoms with Gasteiger partial charge in [0.1, 0.15) is 0 Å². The number of rotatable bonds is 12. The molecule has 0 atom stereocenters. The van der Waals surface area contributed by atoms with E-state index < -0.39 is 17.2 Å². The van der Waals surface area contributed by atoms with Crippen molar-refractivity contribution < 1.29 is 98.5 Å². The normalized spacial score (nSPS) is 7.73. The van der Waals surface area contributed by atoms with Crippen molar-refractivity contribution in [1.82, 2.24) is 0 Å². The first-order valence-electron chi connectivity index (χ1n) is 11.1. The average Bonchev–Trinajstić information content (AvgIpc) is 2.96. The summed E-state index contributed by atoms with van der Waals surface area (Å²) < 4.78 is 93.0. The molecule has 0 fully saturated rings. The molecule has 0 amide bonds. The predicted molar refractivity (Wildman–Crippen MR) is 143 cm³/mol. The monoisotopic (exact) mass is 750 g/mol. The molecule has 0 aliphatic carbocycles. The van der Waals surface area contributed by atoms with Gasteiger partial charge in [-0.1, -0.05) is 0 Å². The maximum absolute atomic E-state index is 7.50. The van der Waals surface area contributed by atoms with Gasteiger partial charge in [-0.2, -0.15) is 0 Å². The quantitative estimate of drug-likeness (QED) is 0.0918. The minimum absolute atomic E-state index is 0. The first-order valence-corrected chi connectivity index (χ1v) is 13.3. The topological polar surface area (TPSA) is 215 Å². The molecule has 0 aromatic rings.